The average Bonchev–Trinajstić information content (AvgIpc) is 2.55. The molecular formula is C19H27IN4O2. The molecule has 142 valence electrons. The molecule has 1 aromatic carbocycles. The Morgan fingerprint density at radius 3 is 2.23 bits per heavy atom. The van der Waals surface area contributed by atoms with Crippen LogP contribution in [0, 0.1) is 0 Å². The molecule has 0 unspecified atom stereocenters. The lowest BCUT2D eigenvalue weighted by Crippen LogP contribution is -2.22. The first-order chi connectivity index (χ1) is 11.9. The number of rotatable bonds is 7. The van der Waals surface area contributed by atoms with E-state index in [9.17, 15) is 0 Å². The summed E-state index contributed by atoms with van der Waals surface area (Å²) in [6, 6.07) is 11.4. The van der Waals surface area contributed by atoms with Crippen molar-refractivity contribution in [1.29, 1.82) is 0 Å². The number of aliphatic imine (C=N–C) groups is 1. The van der Waals surface area contributed by atoms with Gasteiger partial charge >= 0.3 is 0 Å². The third-order valence-electron chi connectivity index (χ3n) is 3.08. The number of hydrogen-bond acceptors (Lipinski definition) is 4. The van der Waals surface area contributed by atoms with Crippen molar-refractivity contribution in [2.45, 2.75) is 46.4 Å². The minimum atomic E-state index is 0. The lowest BCUT2D eigenvalue weighted by Gasteiger charge is -2.11. The Balaban J connectivity index is 0.00000338. The summed E-state index contributed by atoms with van der Waals surface area (Å²) >= 11 is 0. The molecule has 0 amide bonds. The summed E-state index contributed by atoms with van der Waals surface area (Å²) in [5.41, 5.74) is 7.75. The molecule has 0 aliphatic carbocycles. The van der Waals surface area contributed by atoms with Gasteiger partial charge in [-0.15, -0.1) is 24.0 Å². The van der Waals surface area contributed by atoms with E-state index in [0.717, 1.165) is 17.0 Å². The Morgan fingerprint density at radius 2 is 1.69 bits per heavy atom. The summed E-state index contributed by atoms with van der Waals surface area (Å²) in [4.78, 5) is 8.57. The van der Waals surface area contributed by atoms with Crippen molar-refractivity contribution < 1.29 is 9.47 Å². The number of nitrogens with zero attached hydrogens (tertiary/aromatic N) is 2. The molecule has 0 bridgehead atoms. The van der Waals surface area contributed by atoms with Gasteiger partial charge in [-0.1, -0.05) is 6.07 Å². The van der Waals surface area contributed by atoms with E-state index in [1.165, 1.54) is 0 Å². The van der Waals surface area contributed by atoms with Crippen molar-refractivity contribution in [2.75, 3.05) is 5.32 Å². The maximum absolute atomic E-state index is 5.93. The van der Waals surface area contributed by atoms with Crippen molar-refractivity contribution >= 4 is 35.6 Å². The van der Waals surface area contributed by atoms with Gasteiger partial charge in [0.05, 0.1) is 18.8 Å². The van der Waals surface area contributed by atoms with Gasteiger partial charge in [-0.2, -0.15) is 0 Å². The molecule has 0 spiro atoms. The van der Waals surface area contributed by atoms with Gasteiger partial charge in [-0.25, -0.2) is 9.98 Å². The number of anilines is 1. The molecule has 2 aromatic rings. The van der Waals surface area contributed by atoms with Crippen molar-refractivity contribution in [3.05, 3.63) is 48.2 Å². The second-order valence-electron chi connectivity index (χ2n) is 6.19. The largest absolute Gasteiger partial charge is 0.491 e. The van der Waals surface area contributed by atoms with E-state index in [2.05, 4.69) is 15.3 Å². The van der Waals surface area contributed by atoms with Crippen LogP contribution in [0.25, 0.3) is 0 Å². The smallest absolute Gasteiger partial charge is 0.213 e. The first-order valence-electron chi connectivity index (χ1n) is 8.37. The second kappa shape index (κ2) is 10.8. The van der Waals surface area contributed by atoms with Gasteiger partial charge in [0.25, 0.3) is 0 Å². The van der Waals surface area contributed by atoms with E-state index in [0.29, 0.717) is 18.4 Å². The number of ether oxygens (including phenoxy) is 2. The zero-order valence-electron chi connectivity index (χ0n) is 15.6. The number of hydrogen-bond donors (Lipinski definition) is 2. The van der Waals surface area contributed by atoms with Crippen molar-refractivity contribution in [2.24, 2.45) is 10.7 Å². The SMILES string of the molecule is CC(C)Oc1ccc(NC(N)=NCc2ccc(OC(C)C)nc2)cc1.I. The molecule has 3 N–H and O–H groups in total. The Labute approximate surface area is 172 Å². The molecule has 0 saturated heterocycles. The van der Waals surface area contributed by atoms with Gasteiger partial charge in [-0.05, 0) is 57.5 Å². The zero-order valence-corrected chi connectivity index (χ0v) is 17.9. The molecule has 7 heteroatoms. The summed E-state index contributed by atoms with van der Waals surface area (Å²) in [6.45, 7) is 8.37. The number of benzene rings is 1. The number of pyridine rings is 1. The molecule has 0 saturated carbocycles. The summed E-state index contributed by atoms with van der Waals surface area (Å²) in [5.74, 6) is 1.78. The number of nitrogens with one attached hydrogen (secondary N) is 1. The van der Waals surface area contributed by atoms with E-state index in [-0.39, 0.29) is 36.2 Å². The van der Waals surface area contributed by atoms with Crippen LogP contribution in [-0.4, -0.2) is 23.2 Å². The minimum absolute atomic E-state index is 0. The van der Waals surface area contributed by atoms with Gasteiger partial charge in [0.1, 0.15) is 5.75 Å². The van der Waals surface area contributed by atoms with Crippen LogP contribution in [-0.2, 0) is 6.54 Å². The highest BCUT2D eigenvalue weighted by atomic mass is 127. The van der Waals surface area contributed by atoms with Crippen LogP contribution in [0.3, 0.4) is 0 Å². The zero-order chi connectivity index (χ0) is 18.2. The monoisotopic (exact) mass is 470 g/mol. The maximum atomic E-state index is 5.93. The van der Waals surface area contributed by atoms with E-state index in [1.807, 2.05) is 64.1 Å². The lowest BCUT2D eigenvalue weighted by atomic mass is 10.3. The maximum Gasteiger partial charge on any atom is 0.213 e. The summed E-state index contributed by atoms with van der Waals surface area (Å²) in [7, 11) is 0. The quantitative estimate of drug-likeness (QED) is 0.360. The first-order valence-corrected chi connectivity index (χ1v) is 8.37. The van der Waals surface area contributed by atoms with E-state index in [4.69, 9.17) is 15.2 Å². The fraction of sp³-hybridized carbons (Fsp3) is 0.368. The van der Waals surface area contributed by atoms with Gasteiger partial charge in [0, 0.05) is 18.0 Å². The second-order valence-corrected chi connectivity index (χ2v) is 6.19. The third kappa shape index (κ3) is 7.90. The molecule has 0 aliphatic heterocycles. The highest BCUT2D eigenvalue weighted by Crippen LogP contribution is 2.17. The molecule has 0 atom stereocenters. The van der Waals surface area contributed by atoms with Gasteiger partial charge in [0.2, 0.25) is 5.88 Å². The van der Waals surface area contributed by atoms with Crippen LogP contribution < -0.4 is 20.5 Å². The van der Waals surface area contributed by atoms with E-state index >= 15 is 0 Å². The van der Waals surface area contributed by atoms with Crippen molar-refractivity contribution in [3.63, 3.8) is 0 Å². The topological polar surface area (TPSA) is 81.8 Å². The van der Waals surface area contributed by atoms with E-state index in [1.54, 1.807) is 6.20 Å². The lowest BCUT2D eigenvalue weighted by molar-refractivity contribution is 0.232. The molecule has 26 heavy (non-hydrogen) atoms. The normalized spacial score (nSPS) is 11.2. The minimum Gasteiger partial charge on any atom is -0.491 e. The van der Waals surface area contributed by atoms with Crippen molar-refractivity contribution in [1.82, 2.24) is 4.98 Å². The molecule has 0 fully saturated rings. The molecule has 2 rings (SSSR count). The summed E-state index contributed by atoms with van der Waals surface area (Å²) in [6.07, 6.45) is 2.00. The van der Waals surface area contributed by atoms with Gasteiger partial charge < -0.3 is 20.5 Å². The third-order valence-corrected chi connectivity index (χ3v) is 3.08. The van der Waals surface area contributed by atoms with Gasteiger partial charge in [0.15, 0.2) is 5.96 Å². The predicted molar refractivity (Wildman–Crippen MR) is 117 cm³/mol. The number of nitrogens with two attached hydrogens (primary N) is 1. The molecule has 0 aliphatic rings. The number of aromatic nitrogens is 1. The predicted octanol–water partition coefficient (Wildman–Crippen LogP) is 4.20. The fourth-order valence-electron chi connectivity index (χ4n) is 2.07. The standard InChI is InChI=1S/C19H26N4O2.HI/c1-13(2)24-17-8-6-16(7-9-17)23-19(20)22-12-15-5-10-18(21-11-15)25-14(3)4;/h5-11,13-14H,12H2,1-4H3,(H3,20,22,23);1H. The van der Waals surface area contributed by atoms with Crippen LogP contribution in [0.2, 0.25) is 0 Å². The average molecular weight is 470 g/mol. The molecule has 0 radical (unpaired) electrons. The molecular weight excluding hydrogens is 443 g/mol. The highest BCUT2D eigenvalue weighted by molar-refractivity contribution is 14.0. The number of guanidine groups is 1. The fourth-order valence-corrected chi connectivity index (χ4v) is 2.07. The van der Waals surface area contributed by atoms with E-state index < -0.39 is 0 Å². The Hall–Kier alpha value is -2.03. The van der Waals surface area contributed by atoms with Crippen LogP contribution in [0.5, 0.6) is 11.6 Å². The molecule has 1 aromatic heterocycles. The van der Waals surface area contributed by atoms with Crippen molar-refractivity contribution in [3.8, 4) is 11.6 Å². The van der Waals surface area contributed by atoms with Gasteiger partial charge in [-0.3, -0.25) is 0 Å². The van der Waals surface area contributed by atoms with Crippen LogP contribution in [0.1, 0.15) is 33.3 Å². The number of halogens is 1. The Kier molecular flexibility index (Phi) is 9.18. The molecule has 6 nitrogen and oxygen atoms in total. The first kappa shape index (κ1) is 22.0. The summed E-state index contributed by atoms with van der Waals surface area (Å²) < 4.78 is 11.1. The van der Waals surface area contributed by atoms with Crippen LogP contribution >= 0.6 is 24.0 Å². The van der Waals surface area contributed by atoms with Crippen LogP contribution in [0.4, 0.5) is 5.69 Å². The van der Waals surface area contributed by atoms with Crippen LogP contribution in [0.15, 0.2) is 47.6 Å². The summed E-state index contributed by atoms with van der Waals surface area (Å²) in [5, 5.41) is 3.06. The Bertz CT molecular complexity index is 686. The molecule has 1 heterocycles. The Morgan fingerprint density at radius 1 is 1.04 bits per heavy atom. The highest BCUT2D eigenvalue weighted by Gasteiger charge is 2.01.